The first kappa shape index (κ1) is 32.3. The Morgan fingerprint density at radius 3 is 1.77 bits per heavy atom. The number of carboxylic acid groups (broad SMARTS) is 3. The Morgan fingerprint density at radius 1 is 0.718 bits per heavy atom. The summed E-state index contributed by atoms with van der Waals surface area (Å²) in [6.07, 6.45) is -2.72. The van der Waals surface area contributed by atoms with Crippen LogP contribution in [0, 0.1) is 0 Å². The van der Waals surface area contributed by atoms with Gasteiger partial charge in [-0.2, -0.15) is 0 Å². The zero-order chi connectivity index (χ0) is 29.7. The fourth-order valence-electron chi connectivity index (χ4n) is 3.24. The molecule has 1 aromatic rings. The Kier molecular flexibility index (Phi) is 12.8. The molecule has 0 aliphatic rings. The summed E-state index contributed by atoms with van der Waals surface area (Å²) in [6, 6.07) is -0.726. The van der Waals surface area contributed by atoms with Crippen LogP contribution < -0.4 is 27.4 Å². The van der Waals surface area contributed by atoms with E-state index in [0.29, 0.717) is 5.56 Å². The van der Waals surface area contributed by atoms with Gasteiger partial charge in [-0.05, 0) is 30.5 Å². The second-order valence-electron chi connectivity index (χ2n) is 8.53. The van der Waals surface area contributed by atoms with Gasteiger partial charge in [0.1, 0.15) is 23.9 Å². The lowest BCUT2D eigenvalue weighted by Gasteiger charge is -2.24. The highest BCUT2D eigenvalue weighted by Crippen LogP contribution is 2.12. The van der Waals surface area contributed by atoms with Crippen LogP contribution in [0.4, 0.5) is 0 Å². The molecule has 0 radical (unpaired) electrons. The Labute approximate surface area is 221 Å². The average molecular weight is 554 g/mol. The first-order valence-electron chi connectivity index (χ1n) is 11.6. The van der Waals surface area contributed by atoms with Gasteiger partial charge < -0.3 is 47.8 Å². The number of amides is 4. The molecule has 0 aliphatic heterocycles. The number of primary amides is 1. The summed E-state index contributed by atoms with van der Waals surface area (Å²) in [7, 11) is 0. The number of carboxylic acids is 3. The quantitative estimate of drug-likeness (QED) is 0.0960. The maximum atomic E-state index is 12.9. The summed E-state index contributed by atoms with van der Waals surface area (Å²) in [6.45, 7) is 0. The molecule has 0 aliphatic carbocycles. The van der Waals surface area contributed by atoms with Gasteiger partial charge in [-0.3, -0.25) is 28.8 Å². The van der Waals surface area contributed by atoms with Crippen molar-refractivity contribution in [2.75, 3.05) is 0 Å². The van der Waals surface area contributed by atoms with E-state index in [2.05, 4.69) is 16.0 Å². The Morgan fingerprint density at radius 2 is 1.26 bits per heavy atom. The number of aliphatic carboxylic acids is 3. The number of phenolic OH excluding ortho intramolecular Hbond substituents is 1. The van der Waals surface area contributed by atoms with Gasteiger partial charge in [0.2, 0.25) is 23.6 Å². The third-order valence-corrected chi connectivity index (χ3v) is 5.32. The highest BCUT2D eigenvalue weighted by atomic mass is 16.4. The van der Waals surface area contributed by atoms with E-state index in [4.69, 9.17) is 21.7 Å². The summed E-state index contributed by atoms with van der Waals surface area (Å²) in [5, 5.41) is 43.6. The molecule has 1 aromatic carbocycles. The van der Waals surface area contributed by atoms with Gasteiger partial charge in [0.25, 0.3) is 0 Å². The van der Waals surface area contributed by atoms with E-state index in [1.54, 1.807) is 0 Å². The molecule has 4 atom stereocenters. The first-order valence-corrected chi connectivity index (χ1v) is 11.6. The third kappa shape index (κ3) is 12.4. The zero-order valence-corrected chi connectivity index (χ0v) is 20.7. The molecule has 16 nitrogen and oxygen atoms in total. The molecule has 11 N–H and O–H groups in total. The molecule has 4 unspecified atom stereocenters. The summed E-state index contributed by atoms with van der Waals surface area (Å²) >= 11 is 0. The molecule has 0 heterocycles. The third-order valence-electron chi connectivity index (χ3n) is 5.32. The van der Waals surface area contributed by atoms with E-state index in [1.165, 1.54) is 24.3 Å². The second kappa shape index (κ2) is 15.5. The van der Waals surface area contributed by atoms with Gasteiger partial charge in [-0.15, -0.1) is 0 Å². The number of nitrogens with one attached hydrogen (secondary N) is 3. The number of carbonyl (C=O) groups is 7. The second-order valence-corrected chi connectivity index (χ2v) is 8.53. The molecule has 1 rings (SSSR count). The van der Waals surface area contributed by atoms with Crippen molar-refractivity contribution >= 4 is 41.5 Å². The molecular weight excluding hydrogens is 522 g/mol. The van der Waals surface area contributed by atoms with Crippen LogP contribution in [-0.2, 0) is 40.0 Å². The lowest BCUT2D eigenvalue weighted by Crippen LogP contribution is -2.57. The van der Waals surface area contributed by atoms with Crippen LogP contribution in [0.2, 0.25) is 0 Å². The van der Waals surface area contributed by atoms with Crippen LogP contribution in [0.3, 0.4) is 0 Å². The minimum atomic E-state index is -1.75. The first-order chi connectivity index (χ1) is 18.2. The number of aromatic hydroxyl groups is 1. The molecule has 0 fully saturated rings. The molecule has 0 bridgehead atoms. The van der Waals surface area contributed by atoms with Gasteiger partial charge in [0.15, 0.2) is 0 Å². The van der Waals surface area contributed by atoms with Gasteiger partial charge in [-0.1, -0.05) is 12.1 Å². The maximum absolute atomic E-state index is 12.9. The van der Waals surface area contributed by atoms with E-state index in [0.717, 1.165) is 0 Å². The molecule has 0 saturated heterocycles. The van der Waals surface area contributed by atoms with Crippen molar-refractivity contribution in [2.24, 2.45) is 11.5 Å². The van der Waals surface area contributed by atoms with Gasteiger partial charge in [0.05, 0.1) is 12.5 Å². The van der Waals surface area contributed by atoms with Crippen molar-refractivity contribution < 1.29 is 54.0 Å². The Hall–Kier alpha value is -4.73. The molecule has 4 amide bonds. The number of nitrogens with two attached hydrogens (primary N) is 2. The standard InChI is InChI=1S/C23H31N5O11/c24-13(5-7-17(25)30)20(35)27-15(10-19(33)34)22(37)26-14(6-8-18(31)32)21(36)28-16(23(38)39)9-11-1-3-12(29)4-2-11/h1-4,13-16,29H,5-10,24H2,(H2,25,30)(H,26,37)(H,27,35)(H,28,36)(H,31,32)(H,33,34)(H,38,39). The Bertz CT molecular complexity index is 1080. The van der Waals surface area contributed by atoms with Crippen molar-refractivity contribution in [1.29, 1.82) is 0 Å². The number of hydrogen-bond donors (Lipinski definition) is 9. The fourth-order valence-corrected chi connectivity index (χ4v) is 3.24. The van der Waals surface area contributed by atoms with E-state index in [9.17, 15) is 43.8 Å². The molecule has 214 valence electrons. The van der Waals surface area contributed by atoms with Crippen LogP contribution in [-0.4, -0.2) is 86.1 Å². The van der Waals surface area contributed by atoms with Crippen molar-refractivity contribution in [2.45, 2.75) is 62.7 Å². The van der Waals surface area contributed by atoms with Crippen LogP contribution >= 0.6 is 0 Å². The lowest BCUT2D eigenvalue weighted by atomic mass is 10.0. The SMILES string of the molecule is NC(=O)CCC(N)C(=O)NC(CC(=O)O)C(=O)NC(CCC(=O)O)C(=O)NC(Cc1ccc(O)cc1)C(=O)O. The van der Waals surface area contributed by atoms with Crippen LogP contribution in [0.25, 0.3) is 0 Å². The average Bonchev–Trinajstić information content (AvgIpc) is 2.84. The van der Waals surface area contributed by atoms with Gasteiger partial charge >= 0.3 is 17.9 Å². The summed E-state index contributed by atoms with van der Waals surface area (Å²) < 4.78 is 0. The molecular formula is C23H31N5O11. The predicted molar refractivity (Wildman–Crippen MR) is 131 cm³/mol. The number of hydrogen-bond acceptors (Lipinski definition) is 9. The van der Waals surface area contributed by atoms with Crippen LogP contribution in [0.1, 0.15) is 37.7 Å². The van der Waals surface area contributed by atoms with E-state index in [-0.39, 0.29) is 25.0 Å². The number of phenols is 1. The minimum Gasteiger partial charge on any atom is -0.508 e. The van der Waals surface area contributed by atoms with E-state index in [1.807, 2.05) is 0 Å². The van der Waals surface area contributed by atoms with Crippen molar-refractivity contribution in [3.05, 3.63) is 29.8 Å². The summed E-state index contributed by atoms with van der Waals surface area (Å²) in [5.41, 5.74) is 11.1. The maximum Gasteiger partial charge on any atom is 0.326 e. The van der Waals surface area contributed by atoms with Gasteiger partial charge in [0, 0.05) is 19.3 Å². The lowest BCUT2D eigenvalue weighted by molar-refractivity contribution is -0.143. The molecule has 0 aromatic heterocycles. The van der Waals surface area contributed by atoms with Crippen LogP contribution in [0.5, 0.6) is 5.75 Å². The summed E-state index contributed by atoms with van der Waals surface area (Å²) in [5.74, 6) is -8.33. The largest absolute Gasteiger partial charge is 0.508 e. The highest BCUT2D eigenvalue weighted by Gasteiger charge is 2.32. The predicted octanol–water partition coefficient (Wildman–Crippen LogP) is -2.59. The highest BCUT2D eigenvalue weighted by molar-refractivity contribution is 5.96. The fraction of sp³-hybridized carbons (Fsp3) is 0.435. The topological polar surface area (TPSA) is 289 Å². The number of benzene rings is 1. The monoisotopic (exact) mass is 553 g/mol. The smallest absolute Gasteiger partial charge is 0.326 e. The molecule has 16 heteroatoms. The van der Waals surface area contributed by atoms with E-state index >= 15 is 0 Å². The molecule has 39 heavy (non-hydrogen) atoms. The minimum absolute atomic E-state index is 0.0667. The summed E-state index contributed by atoms with van der Waals surface area (Å²) in [4.78, 5) is 83.0. The molecule has 0 spiro atoms. The van der Waals surface area contributed by atoms with Crippen molar-refractivity contribution in [1.82, 2.24) is 16.0 Å². The normalized spacial score (nSPS) is 13.7. The Balaban J connectivity index is 3.05. The van der Waals surface area contributed by atoms with Crippen molar-refractivity contribution in [3.63, 3.8) is 0 Å². The zero-order valence-electron chi connectivity index (χ0n) is 20.7. The van der Waals surface area contributed by atoms with Gasteiger partial charge in [-0.25, -0.2) is 4.79 Å². The van der Waals surface area contributed by atoms with Crippen molar-refractivity contribution in [3.8, 4) is 5.75 Å². The van der Waals surface area contributed by atoms with Crippen LogP contribution in [0.15, 0.2) is 24.3 Å². The van der Waals surface area contributed by atoms with E-state index < -0.39 is 85.0 Å². The number of carbonyl (C=O) groups excluding carboxylic acids is 4. The number of rotatable bonds is 17. The molecule has 0 saturated carbocycles.